The molecule has 0 fully saturated rings. The van der Waals surface area contributed by atoms with Gasteiger partial charge in [-0.25, -0.2) is 0 Å². The van der Waals surface area contributed by atoms with Crippen molar-refractivity contribution >= 4 is 16.7 Å². The van der Waals surface area contributed by atoms with E-state index in [0.29, 0.717) is 5.75 Å². The van der Waals surface area contributed by atoms with Gasteiger partial charge < -0.3 is 0 Å². The summed E-state index contributed by atoms with van der Waals surface area (Å²) in [6.07, 6.45) is 2.17. The Kier molecular flexibility index (Phi) is 4.66. The Hall–Kier alpha value is -1.54. The molecule has 104 valence electrons. The third-order valence-electron chi connectivity index (χ3n) is 3.40. The average molecular weight is 285 g/mol. The molecule has 0 spiro atoms. The van der Waals surface area contributed by atoms with Crippen LogP contribution in [0.1, 0.15) is 27.0 Å². The van der Waals surface area contributed by atoms with Crippen LogP contribution < -0.4 is 0 Å². The highest BCUT2D eigenvalue weighted by atomic mass is 32.2. The van der Waals surface area contributed by atoms with Gasteiger partial charge in [-0.3, -0.25) is 4.79 Å². The van der Waals surface area contributed by atoms with Crippen LogP contribution in [0.15, 0.2) is 47.4 Å². The van der Waals surface area contributed by atoms with Crippen LogP contribution in [0.5, 0.6) is 0 Å². The fourth-order valence-electron chi connectivity index (χ4n) is 2.69. The van der Waals surface area contributed by atoms with Crippen molar-refractivity contribution < 1.29 is 4.79 Å². The van der Waals surface area contributed by atoms with Gasteiger partial charge in [0.1, 0.15) is 6.26 Å². The van der Waals surface area contributed by atoms with Crippen molar-refractivity contribution in [3.8, 4) is 0 Å². The number of benzene rings is 2. The first-order valence-electron chi connectivity index (χ1n) is 6.77. The van der Waals surface area contributed by atoms with Crippen LogP contribution in [-0.2, 0) is 10.9 Å². The summed E-state index contributed by atoms with van der Waals surface area (Å²) in [4.78, 5) is 13.7. The lowest BCUT2D eigenvalue weighted by atomic mass is 10.1. The molecule has 2 rings (SSSR count). The van der Waals surface area contributed by atoms with Crippen LogP contribution in [0, 0.1) is 20.8 Å². The highest BCUT2D eigenvalue weighted by Crippen LogP contribution is 2.23. The van der Waals surface area contributed by atoms with Crippen molar-refractivity contribution in [2.75, 3.05) is 12.0 Å². The van der Waals surface area contributed by atoms with Gasteiger partial charge in [0.15, 0.2) is 10.6 Å². The summed E-state index contributed by atoms with van der Waals surface area (Å²) >= 11 is 0. The Bertz CT molecular complexity index is 594. The van der Waals surface area contributed by atoms with E-state index in [9.17, 15) is 4.79 Å². The zero-order valence-corrected chi connectivity index (χ0v) is 13.4. The Labute approximate surface area is 124 Å². The minimum Gasteiger partial charge on any atom is -0.289 e. The Balaban J connectivity index is 2.21. The normalized spacial score (nSPS) is 12.2. The van der Waals surface area contributed by atoms with E-state index in [2.05, 4.69) is 39.2 Å². The van der Waals surface area contributed by atoms with E-state index in [-0.39, 0.29) is 16.7 Å². The number of carbonyl (C=O) groups excluding carboxylic acids is 1. The molecule has 0 saturated carbocycles. The van der Waals surface area contributed by atoms with Crippen molar-refractivity contribution in [3.05, 3.63) is 64.7 Å². The van der Waals surface area contributed by atoms with Crippen LogP contribution in [-0.4, -0.2) is 17.8 Å². The molecule has 0 heterocycles. The third kappa shape index (κ3) is 3.31. The summed E-state index contributed by atoms with van der Waals surface area (Å²) in [5.41, 5.74) is 4.70. The minimum absolute atomic E-state index is 0.0449. The molecular formula is C18H21OS+. The predicted molar refractivity (Wildman–Crippen MR) is 87.8 cm³/mol. The minimum atomic E-state index is -0.0449. The second-order valence-electron chi connectivity index (χ2n) is 5.30. The Morgan fingerprint density at radius 3 is 2.10 bits per heavy atom. The summed E-state index contributed by atoms with van der Waals surface area (Å²) < 4.78 is 0. The van der Waals surface area contributed by atoms with Gasteiger partial charge in [-0.15, -0.1) is 0 Å². The van der Waals surface area contributed by atoms with Gasteiger partial charge in [0.05, 0.1) is 0 Å². The van der Waals surface area contributed by atoms with E-state index < -0.39 is 0 Å². The molecule has 20 heavy (non-hydrogen) atoms. The maximum atomic E-state index is 12.3. The van der Waals surface area contributed by atoms with E-state index in [1.54, 1.807) is 0 Å². The van der Waals surface area contributed by atoms with E-state index in [0.717, 1.165) is 5.56 Å². The first-order chi connectivity index (χ1) is 9.49. The molecule has 0 bridgehead atoms. The number of ketones is 1. The zero-order valence-electron chi connectivity index (χ0n) is 12.6. The van der Waals surface area contributed by atoms with Crippen LogP contribution in [0.2, 0.25) is 0 Å². The van der Waals surface area contributed by atoms with Crippen molar-refractivity contribution in [2.24, 2.45) is 0 Å². The summed E-state index contributed by atoms with van der Waals surface area (Å²) in [5.74, 6) is 0.824. The molecule has 0 N–H and O–H groups in total. The molecule has 0 aliphatic rings. The molecular weight excluding hydrogens is 264 g/mol. The highest BCUT2D eigenvalue weighted by Gasteiger charge is 2.25. The van der Waals surface area contributed by atoms with Gasteiger partial charge in [-0.2, -0.15) is 0 Å². The van der Waals surface area contributed by atoms with Gasteiger partial charge in [-0.05, 0) is 20.8 Å². The van der Waals surface area contributed by atoms with E-state index >= 15 is 0 Å². The van der Waals surface area contributed by atoms with Gasteiger partial charge in [0.25, 0.3) is 0 Å². The molecule has 1 atom stereocenters. The third-order valence-corrected chi connectivity index (χ3v) is 5.43. The lowest BCUT2D eigenvalue weighted by Gasteiger charge is -2.10. The van der Waals surface area contributed by atoms with Crippen molar-refractivity contribution in [3.63, 3.8) is 0 Å². The number of carbonyl (C=O) groups is 1. The number of hydrogen-bond donors (Lipinski definition) is 0. The Morgan fingerprint density at radius 1 is 1.00 bits per heavy atom. The predicted octanol–water partition coefficient (Wildman–Crippen LogP) is 4.10. The monoisotopic (exact) mass is 285 g/mol. The van der Waals surface area contributed by atoms with Gasteiger partial charge in [0.2, 0.25) is 5.78 Å². The van der Waals surface area contributed by atoms with Crippen molar-refractivity contribution in [2.45, 2.75) is 25.7 Å². The maximum Gasteiger partial charge on any atom is 0.212 e. The number of aryl methyl sites for hydroxylation is 3. The fourth-order valence-corrected chi connectivity index (χ4v) is 4.61. The topological polar surface area (TPSA) is 17.1 Å². The van der Waals surface area contributed by atoms with Gasteiger partial charge in [0, 0.05) is 27.6 Å². The first-order valence-corrected chi connectivity index (χ1v) is 8.58. The van der Waals surface area contributed by atoms with E-state index in [1.807, 2.05) is 30.3 Å². The second kappa shape index (κ2) is 6.27. The molecule has 1 unspecified atom stereocenters. The SMILES string of the molecule is Cc1cc(C)c([S+](C)CC(=O)c2ccccc2)c(C)c1. The van der Waals surface area contributed by atoms with Crippen LogP contribution in [0.3, 0.4) is 0 Å². The largest absolute Gasteiger partial charge is 0.289 e. The average Bonchev–Trinajstić information content (AvgIpc) is 2.38. The summed E-state index contributed by atoms with van der Waals surface area (Å²) in [5, 5.41) is 0. The molecule has 0 aliphatic carbocycles. The molecule has 0 radical (unpaired) electrons. The molecule has 2 heteroatoms. The standard InChI is InChI=1S/C18H21OS/c1-13-10-14(2)18(15(3)11-13)20(4)12-17(19)16-8-6-5-7-9-16/h5-11H,12H2,1-4H3/q+1. The molecule has 0 aliphatic heterocycles. The summed E-state index contributed by atoms with van der Waals surface area (Å²) in [6, 6.07) is 14.0. The lowest BCUT2D eigenvalue weighted by Crippen LogP contribution is -2.17. The zero-order chi connectivity index (χ0) is 14.7. The quantitative estimate of drug-likeness (QED) is 0.610. The fraction of sp³-hybridized carbons (Fsp3) is 0.278. The number of Topliss-reactive ketones (excluding diaryl/α,β-unsaturated/α-hetero) is 1. The van der Waals surface area contributed by atoms with Crippen LogP contribution in [0.25, 0.3) is 0 Å². The van der Waals surface area contributed by atoms with Gasteiger partial charge in [-0.1, -0.05) is 48.0 Å². The Morgan fingerprint density at radius 2 is 1.55 bits per heavy atom. The summed E-state index contributed by atoms with van der Waals surface area (Å²) in [6.45, 7) is 6.41. The smallest absolute Gasteiger partial charge is 0.212 e. The summed E-state index contributed by atoms with van der Waals surface area (Å²) in [7, 11) is -0.0449. The second-order valence-corrected chi connectivity index (χ2v) is 7.27. The first kappa shape index (κ1) is 14.9. The van der Waals surface area contributed by atoms with Crippen molar-refractivity contribution in [1.29, 1.82) is 0 Å². The molecule has 0 aromatic heterocycles. The molecule has 2 aromatic carbocycles. The van der Waals surface area contributed by atoms with Gasteiger partial charge >= 0.3 is 0 Å². The van der Waals surface area contributed by atoms with E-state index in [4.69, 9.17) is 0 Å². The molecule has 0 saturated heterocycles. The van der Waals surface area contributed by atoms with Crippen molar-refractivity contribution in [1.82, 2.24) is 0 Å². The maximum absolute atomic E-state index is 12.3. The number of rotatable bonds is 4. The lowest BCUT2D eigenvalue weighted by molar-refractivity contribution is 0.102. The van der Waals surface area contributed by atoms with Crippen LogP contribution in [0.4, 0.5) is 0 Å². The molecule has 0 amide bonds. The molecule has 2 aromatic rings. The molecule has 1 nitrogen and oxygen atoms in total. The number of hydrogen-bond acceptors (Lipinski definition) is 1. The highest BCUT2D eigenvalue weighted by molar-refractivity contribution is 7.97. The van der Waals surface area contributed by atoms with E-state index in [1.165, 1.54) is 21.6 Å². The van der Waals surface area contributed by atoms with Crippen LogP contribution >= 0.6 is 0 Å².